The Balaban J connectivity index is 2.39. The average Bonchev–Trinajstić information content (AvgIpc) is 2.16. The second-order valence-corrected chi connectivity index (χ2v) is 4.32. The number of likely N-dealkylation sites (N-methyl/N-ethyl adjacent to an activating group) is 1. The second kappa shape index (κ2) is 3.83. The molecule has 1 aliphatic rings. The largest absolute Gasteiger partial charge is 0.368 e. The van der Waals surface area contributed by atoms with Crippen LogP contribution in [0.2, 0.25) is 5.02 Å². The minimum Gasteiger partial charge on any atom is -0.368 e. The van der Waals surface area contributed by atoms with Crippen LogP contribution in [0.4, 0.5) is 0 Å². The molecular weight excluding hydrogens is 212 g/mol. The molecule has 15 heavy (non-hydrogen) atoms. The lowest BCUT2D eigenvalue weighted by molar-refractivity contribution is -0.123. The van der Waals surface area contributed by atoms with E-state index in [2.05, 4.69) is 0 Å². The van der Waals surface area contributed by atoms with Crippen LogP contribution >= 0.6 is 11.6 Å². The van der Waals surface area contributed by atoms with Crippen LogP contribution in [-0.4, -0.2) is 23.9 Å². The van der Waals surface area contributed by atoms with Gasteiger partial charge in [0.25, 0.3) is 0 Å². The maximum absolute atomic E-state index is 11.2. The minimum absolute atomic E-state index is 0.239. The lowest BCUT2D eigenvalue weighted by atomic mass is 9.94. The number of halogens is 1. The van der Waals surface area contributed by atoms with Gasteiger partial charge in [-0.15, -0.1) is 0 Å². The Morgan fingerprint density at radius 1 is 1.60 bits per heavy atom. The molecule has 0 saturated carbocycles. The number of primary amides is 1. The predicted molar refractivity (Wildman–Crippen MR) is 59.6 cm³/mol. The van der Waals surface area contributed by atoms with Gasteiger partial charge in [0.2, 0.25) is 5.91 Å². The summed E-state index contributed by atoms with van der Waals surface area (Å²) >= 11 is 6.09. The number of carbonyl (C=O) groups excluding carboxylic acids is 1. The lowest BCUT2D eigenvalue weighted by Crippen LogP contribution is -2.46. The van der Waals surface area contributed by atoms with Crippen molar-refractivity contribution < 1.29 is 4.79 Å². The van der Waals surface area contributed by atoms with Gasteiger partial charge in [0.05, 0.1) is 6.04 Å². The molecule has 2 rings (SSSR count). The van der Waals surface area contributed by atoms with Crippen LogP contribution in [0.15, 0.2) is 18.2 Å². The number of amides is 1. The van der Waals surface area contributed by atoms with Crippen molar-refractivity contribution >= 4 is 17.5 Å². The zero-order valence-corrected chi connectivity index (χ0v) is 9.29. The smallest absolute Gasteiger partial charge is 0.235 e. The molecule has 0 bridgehead atoms. The van der Waals surface area contributed by atoms with Crippen LogP contribution in [0.25, 0.3) is 0 Å². The maximum atomic E-state index is 11.2. The molecule has 1 amide bonds. The molecule has 2 N–H and O–H groups in total. The number of hydrogen-bond donors (Lipinski definition) is 1. The van der Waals surface area contributed by atoms with E-state index in [9.17, 15) is 4.79 Å². The van der Waals surface area contributed by atoms with Crippen molar-refractivity contribution in [1.29, 1.82) is 0 Å². The van der Waals surface area contributed by atoms with E-state index in [0.29, 0.717) is 6.42 Å². The molecule has 1 atom stereocenters. The molecule has 80 valence electrons. The number of nitrogens with two attached hydrogens (primary N) is 1. The van der Waals surface area contributed by atoms with Gasteiger partial charge in [0.1, 0.15) is 0 Å². The second-order valence-electron chi connectivity index (χ2n) is 3.91. The molecule has 1 aliphatic heterocycles. The fourth-order valence-electron chi connectivity index (χ4n) is 2.03. The molecule has 0 spiro atoms. The monoisotopic (exact) mass is 224 g/mol. The van der Waals surface area contributed by atoms with Crippen molar-refractivity contribution in [3.05, 3.63) is 34.3 Å². The van der Waals surface area contributed by atoms with Gasteiger partial charge in [0.15, 0.2) is 0 Å². The van der Waals surface area contributed by atoms with Gasteiger partial charge in [-0.3, -0.25) is 9.69 Å². The third-order valence-corrected chi connectivity index (χ3v) is 3.25. The SMILES string of the molecule is CN1Cc2cccc(Cl)c2C[C@@H]1C(N)=O. The normalized spacial score (nSPS) is 21.1. The number of benzene rings is 1. The van der Waals surface area contributed by atoms with Crippen LogP contribution < -0.4 is 5.73 Å². The molecule has 4 heteroatoms. The summed E-state index contributed by atoms with van der Waals surface area (Å²) in [5.41, 5.74) is 7.58. The highest BCUT2D eigenvalue weighted by Gasteiger charge is 2.28. The van der Waals surface area contributed by atoms with E-state index in [1.165, 1.54) is 5.56 Å². The Morgan fingerprint density at radius 2 is 2.33 bits per heavy atom. The highest BCUT2D eigenvalue weighted by molar-refractivity contribution is 6.31. The highest BCUT2D eigenvalue weighted by Crippen LogP contribution is 2.27. The van der Waals surface area contributed by atoms with Gasteiger partial charge in [0, 0.05) is 11.6 Å². The molecule has 0 aromatic heterocycles. The third-order valence-electron chi connectivity index (χ3n) is 2.89. The van der Waals surface area contributed by atoms with Gasteiger partial charge in [-0.05, 0) is 30.7 Å². The van der Waals surface area contributed by atoms with Crippen LogP contribution in [-0.2, 0) is 17.8 Å². The van der Waals surface area contributed by atoms with E-state index < -0.39 is 0 Å². The molecule has 0 unspecified atom stereocenters. The molecule has 3 nitrogen and oxygen atoms in total. The summed E-state index contributed by atoms with van der Waals surface area (Å²) in [4.78, 5) is 13.2. The minimum atomic E-state index is -0.289. The zero-order chi connectivity index (χ0) is 11.0. The van der Waals surface area contributed by atoms with E-state index in [4.69, 9.17) is 17.3 Å². The van der Waals surface area contributed by atoms with Crippen molar-refractivity contribution in [3.8, 4) is 0 Å². The van der Waals surface area contributed by atoms with Gasteiger partial charge in [-0.2, -0.15) is 0 Å². The van der Waals surface area contributed by atoms with E-state index in [1.54, 1.807) is 0 Å². The predicted octanol–water partition coefficient (Wildman–Crippen LogP) is 1.18. The van der Waals surface area contributed by atoms with Gasteiger partial charge >= 0.3 is 0 Å². The Hall–Kier alpha value is -1.06. The van der Waals surface area contributed by atoms with Crippen molar-refractivity contribution in [2.75, 3.05) is 7.05 Å². The van der Waals surface area contributed by atoms with Crippen LogP contribution in [0.5, 0.6) is 0 Å². The first-order chi connectivity index (χ1) is 7.09. The van der Waals surface area contributed by atoms with Crippen LogP contribution in [0.3, 0.4) is 0 Å². The lowest BCUT2D eigenvalue weighted by Gasteiger charge is -2.32. The van der Waals surface area contributed by atoms with Crippen molar-refractivity contribution in [2.45, 2.75) is 19.0 Å². The Bertz CT molecular complexity index is 406. The van der Waals surface area contributed by atoms with E-state index in [-0.39, 0.29) is 11.9 Å². The molecule has 1 aromatic rings. The Kier molecular flexibility index (Phi) is 2.67. The van der Waals surface area contributed by atoms with Gasteiger partial charge in [-0.1, -0.05) is 23.7 Å². The van der Waals surface area contributed by atoms with E-state index in [0.717, 1.165) is 17.1 Å². The first-order valence-corrected chi connectivity index (χ1v) is 5.23. The third kappa shape index (κ3) is 1.85. The summed E-state index contributed by atoms with van der Waals surface area (Å²) in [6.45, 7) is 0.726. The summed E-state index contributed by atoms with van der Waals surface area (Å²) < 4.78 is 0. The first kappa shape index (κ1) is 10.5. The first-order valence-electron chi connectivity index (χ1n) is 4.85. The molecule has 0 aliphatic carbocycles. The van der Waals surface area contributed by atoms with Gasteiger partial charge < -0.3 is 5.73 Å². The fourth-order valence-corrected chi connectivity index (χ4v) is 2.30. The topological polar surface area (TPSA) is 46.3 Å². The van der Waals surface area contributed by atoms with E-state index in [1.807, 2.05) is 30.1 Å². The summed E-state index contributed by atoms with van der Waals surface area (Å²) in [6.07, 6.45) is 0.612. The highest BCUT2D eigenvalue weighted by atomic mass is 35.5. The zero-order valence-electron chi connectivity index (χ0n) is 8.53. The van der Waals surface area contributed by atoms with E-state index >= 15 is 0 Å². The molecule has 1 heterocycles. The van der Waals surface area contributed by atoms with Crippen molar-refractivity contribution in [2.24, 2.45) is 5.73 Å². The number of hydrogen-bond acceptors (Lipinski definition) is 2. The molecule has 0 fully saturated rings. The number of carbonyl (C=O) groups is 1. The number of rotatable bonds is 1. The quantitative estimate of drug-likeness (QED) is 0.779. The standard InChI is InChI=1S/C11H13ClN2O/c1-14-6-7-3-2-4-9(12)8(7)5-10(14)11(13)15/h2-4,10H,5-6H2,1H3,(H2,13,15)/t10-/m1/s1. The maximum Gasteiger partial charge on any atom is 0.235 e. The Labute approximate surface area is 93.8 Å². The van der Waals surface area contributed by atoms with Crippen molar-refractivity contribution in [1.82, 2.24) is 4.90 Å². The summed E-state index contributed by atoms with van der Waals surface area (Å²) in [5.74, 6) is -0.289. The summed E-state index contributed by atoms with van der Waals surface area (Å²) in [5, 5.41) is 0.729. The van der Waals surface area contributed by atoms with Gasteiger partial charge in [-0.25, -0.2) is 0 Å². The Morgan fingerprint density at radius 3 is 3.00 bits per heavy atom. The fraction of sp³-hybridized carbons (Fsp3) is 0.364. The van der Waals surface area contributed by atoms with Crippen LogP contribution in [0, 0.1) is 0 Å². The molecule has 0 saturated heterocycles. The summed E-state index contributed by atoms with van der Waals surface area (Å²) in [6, 6.07) is 5.58. The van der Waals surface area contributed by atoms with Crippen molar-refractivity contribution in [3.63, 3.8) is 0 Å². The molecule has 0 radical (unpaired) electrons. The molecule has 1 aromatic carbocycles. The van der Waals surface area contributed by atoms with Crippen LogP contribution in [0.1, 0.15) is 11.1 Å². The average molecular weight is 225 g/mol. The number of nitrogens with zero attached hydrogens (tertiary/aromatic N) is 1. The summed E-state index contributed by atoms with van der Waals surface area (Å²) in [7, 11) is 1.90. The molecular formula is C11H13ClN2O. The number of fused-ring (bicyclic) bond motifs is 1.